The van der Waals surface area contributed by atoms with Crippen molar-refractivity contribution in [1.82, 2.24) is 5.32 Å². The fourth-order valence-corrected chi connectivity index (χ4v) is 2.14. The maximum atomic E-state index is 5.69. The first-order chi connectivity index (χ1) is 6.87. The molecule has 0 unspecified atom stereocenters. The van der Waals surface area contributed by atoms with Crippen LogP contribution in [0.5, 0.6) is 0 Å². The largest absolute Gasteiger partial charge is 0.329 e. The summed E-state index contributed by atoms with van der Waals surface area (Å²) in [5.41, 5.74) is 5.90. The third kappa shape index (κ3) is 3.59. The van der Waals surface area contributed by atoms with Crippen molar-refractivity contribution in [3.05, 3.63) is 22.4 Å². The van der Waals surface area contributed by atoms with Gasteiger partial charge in [0.05, 0.1) is 0 Å². The number of rotatable bonds is 5. The van der Waals surface area contributed by atoms with Gasteiger partial charge in [-0.05, 0) is 25.3 Å². The van der Waals surface area contributed by atoms with E-state index in [1.165, 1.54) is 4.88 Å². The Morgan fingerprint density at radius 1 is 1.33 bits per heavy atom. The quantitative estimate of drug-likeness (QED) is 0.809. The number of hydrogen-bond donors (Lipinski definition) is 2. The monoisotopic (exact) mass is 226 g/mol. The fourth-order valence-electron chi connectivity index (χ4n) is 1.28. The molecule has 2 nitrogen and oxygen atoms in total. The van der Waals surface area contributed by atoms with E-state index in [1.54, 1.807) is 0 Å². The predicted octanol–water partition coefficient (Wildman–Crippen LogP) is 2.35. The van der Waals surface area contributed by atoms with Crippen molar-refractivity contribution in [2.45, 2.75) is 38.6 Å². The summed E-state index contributed by atoms with van der Waals surface area (Å²) in [6, 6.07) is 4.30. The van der Waals surface area contributed by atoms with Crippen molar-refractivity contribution in [3.63, 3.8) is 0 Å². The lowest BCUT2D eigenvalue weighted by molar-refractivity contribution is 0.349. The van der Waals surface area contributed by atoms with Crippen LogP contribution in [-0.2, 0) is 5.41 Å². The van der Waals surface area contributed by atoms with Gasteiger partial charge in [-0.1, -0.05) is 19.9 Å². The maximum Gasteiger partial charge on any atom is 0.0247 e. The summed E-state index contributed by atoms with van der Waals surface area (Å²) in [6.07, 6.45) is 0. The Labute approximate surface area is 96.9 Å². The van der Waals surface area contributed by atoms with E-state index in [0.29, 0.717) is 6.54 Å². The molecule has 0 aliphatic carbocycles. The van der Waals surface area contributed by atoms with Gasteiger partial charge in [-0.25, -0.2) is 0 Å². The van der Waals surface area contributed by atoms with Crippen LogP contribution in [0.15, 0.2) is 17.5 Å². The summed E-state index contributed by atoms with van der Waals surface area (Å²) in [5, 5.41) is 5.65. The highest BCUT2D eigenvalue weighted by Crippen LogP contribution is 2.27. The Morgan fingerprint density at radius 2 is 2.00 bits per heavy atom. The molecule has 0 amide bonds. The van der Waals surface area contributed by atoms with Crippen molar-refractivity contribution < 1.29 is 0 Å². The van der Waals surface area contributed by atoms with Gasteiger partial charge in [0.25, 0.3) is 0 Å². The first kappa shape index (κ1) is 12.7. The van der Waals surface area contributed by atoms with Gasteiger partial charge in [-0.15, -0.1) is 11.3 Å². The molecule has 0 fully saturated rings. The molecule has 0 saturated carbocycles. The Bertz CT molecular complexity index is 289. The van der Waals surface area contributed by atoms with Gasteiger partial charge in [0, 0.05) is 28.9 Å². The van der Waals surface area contributed by atoms with E-state index in [0.717, 1.165) is 6.54 Å². The molecule has 0 aromatic carbocycles. The van der Waals surface area contributed by atoms with Gasteiger partial charge in [0.1, 0.15) is 0 Å². The number of hydrogen-bond acceptors (Lipinski definition) is 3. The highest BCUT2D eigenvalue weighted by molar-refractivity contribution is 7.10. The first-order valence-corrected chi connectivity index (χ1v) is 6.24. The zero-order chi connectivity index (χ0) is 11.5. The molecule has 1 heterocycles. The van der Waals surface area contributed by atoms with Crippen LogP contribution in [0.1, 0.15) is 32.6 Å². The molecule has 0 radical (unpaired) electrons. The third-order valence-electron chi connectivity index (χ3n) is 2.71. The summed E-state index contributed by atoms with van der Waals surface area (Å²) in [5.74, 6) is 0. The smallest absolute Gasteiger partial charge is 0.0247 e. The highest BCUT2D eigenvalue weighted by Gasteiger charge is 2.24. The van der Waals surface area contributed by atoms with Gasteiger partial charge in [0.2, 0.25) is 0 Å². The van der Waals surface area contributed by atoms with Crippen molar-refractivity contribution in [2.24, 2.45) is 5.73 Å². The first-order valence-electron chi connectivity index (χ1n) is 5.36. The zero-order valence-corrected chi connectivity index (χ0v) is 10.9. The van der Waals surface area contributed by atoms with Crippen LogP contribution >= 0.6 is 11.3 Å². The molecule has 1 rings (SSSR count). The molecule has 3 N–H and O–H groups in total. The van der Waals surface area contributed by atoms with Crippen molar-refractivity contribution in [3.8, 4) is 0 Å². The van der Waals surface area contributed by atoms with Crippen LogP contribution in [0.4, 0.5) is 0 Å². The van der Waals surface area contributed by atoms with Gasteiger partial charge < -0.3 is 11.1 Å². The molecule has 0 spiro atoms. The van der Waals surface area contributed by atoms with E-state index in [1.807, 2.05) is 11.3 Å². The molecule has 0 aliphatic rings. The minimum Gasteiger partial charge on any atom is -0.329 e. The molecular formula is C12H22N2S. The normalized spacial score (nSPS) is 13.1. The molecule has 0 saturated heterocycles. The second-order valence-corrected chi connectivity index (χ2v) is 6.25. The maximum absolute atomic E-state index is 5.69. The zero-order valence-electron chi connectivity index (χ0n) is 10.1. The summed E-state index contributed by atoms with van der Waals surface area (Å²) < 4.78 is 0. The van der Waals surface area contributed by atoms with Crippen LogP contribution in [0.2, 0.25) is 0 Å². The van der Waals surface area contributed by atoms with Crippen molar-refractivity contribution in [2.75, 3.05) is 13.1 Å². The Balaban J connectivity index is 2.58. The standard InChI is InChI=1S/C12H22N2S/c1-11(2,10-6-5-7-15-10)9-14-12(3,4)8-13/h5-7,14H,8-9,13H2,1-4H3. The van der Waals surface area contributed by atoms with E-state index in [2.05, 4.69) is 50.5 Å². The lowest BCUT2D eigenvalue weighted by Gasteiger charge is -2.31. The van der Waals surface area contributed by atoms with Gasteiger partial charge in [0.15, 0.2) is 0 Å². The average Bonchev–Trinajstić information content (AvgIpc) is 2.69. The van der Waals surface area contributed by atoms with Crippen LogP contribution in [-0.4, -0.2) is 18.6 Å². The number of nitrogens with one attached hydrogen (secondary N) is 1. The molecule has 0 bridgehead atoms. The highest BCUT2D eigenvalue weighted by atomic mass is 32.1. The fraction of sp³-hybridized carbons (Fsp3) is 0.667. The SMILES string of the molecule is CC(C)(CN)NCC(C)(C)c1cccs1. The summed E-state index contributed by atoms with van der Waals surface area (Å²) >= 11 is 1.82. The summed E-state index contributed by atoms with van der Waals surface area (Å²) in [6.45, 7) is 10.4. The van der Waals surface area contributed by atoms with Crippen LogP contribution in [0.25, 0.3) is 0 Å². The molecule has 0 aliphatic heterocycles. The van der Waals surface area contributed by atoms with Gasteiger partial charge in [-0.2, -0.15) is 0 Å². The number of thiophene rings is 1. The van der Waals surface area contributed by atoms with Crippen LogP contribution in [0.3, 0.4) is 0 Å². The topological polar surface area (TPSA) is 38.0 Å². The average molecular weight is 226 g/mol. The van der Waals surface area contributed by atoms with E-state index in [-0.39, 0.29) is 11.0 Å². The van der Waals surface area contributed by atoms with Crippen molar-refractivity contribution in [1.29, 1.82) is 0 Å². The second-order valence-electron chi connectivity index (χ2n) is 5.30. The molecule has 86 valence electrons. The Kier molecular flexibility index (Phi) is 3.93. The minimum absolute atomic E-state index is 0.0224. The van der Waals surface area contributed by atoms with E-state index < -0.39 is 0 Å². The van der Waals surface area contributed by atoms with E-state index in [4.69, 9.17) is 5.73 Å². The lowest BCUT2D eigenvalue weighted by atomic mass is 9.90. The third-order valence-corrected chi connectivity index (χ3v) is 3.94. The molecule has 15 heavy (non-hydrogen) atoms. The predicted molar refractivity (Wildman–Crippen MR) is 68.5 cm³/mol. The summed E-state index contributed by atoms with van der Waals surface area (Å²) in [4.78, 5) is 1.42. The molecule has 1 aromatic heterocycles. The Hall–Kier alpha value is -0.380. The Morgan fingerprint density at radius 3 is 2.47 bits per heavy atom. The van der Waals surface area contributed by atoms with E-state index >= 15 is 0 Å². The molecule has 1 aromatic rings. The van der Waals surface area contributed by atoms with Crippen molar-refractivity contribution >= 4 is 11.3 Å². The minimum atomic E-state index is 0.0224. The molecular weight excluding hydrogens is 204 g/mol. The number of nitrogens with two attached hydrogens (primary N) is 1. The lowest BCUT2D eigenvalue weighted by Crippen LogP contribution is -2.50. The van der Waals surface area contributed by atoms with Crippen LogP contribution in [0, 0.1) is 0 Å². The van der Waals surface area contributed by atoms with E-state index in [9.17, 15) is 0 Å². The van der Waals surface area contributed by atoms with Gasteiger partial charge in [-0.3, -0.25) is 0 Å². The molecule has 3 heteroatoms. The summed E-state index contributed by atoms with van der Waals surface area (Å²) in [7, 11) is 0. The van der Waals surface area contributed by atoms with Crippen LogP contribution < -0.4 is 11.1 Å². The molecule has 0 atom stereocenters. The second kappa shape index (κ2) is 4.64. The van der Waals surface area contributed by atoms with Gasteiger partial charge >= 0.3 is 0 Å².